The minimum absolute atomic E-state index is 0.111. The number of aryl methyl sites for hydroxylation is 1. The quantitative estimate of drug-likeness (QED) is 0.280. The number of ether oxygens (including phenoxy) is 2. The minimum atomic E-state index is -4.07. The number of unbranched alkanes of at least 4 members (excludes halogenated alkanes) is 9. The van der Waals surface area contributed by atoms with Gasteiger partial charge in [-0.3, -0.25) is 4.55 Å². The van der Waals surface area contributed by atoms with Crippen LogP contribution in [0.15, 0.2) is 24.3 Å². The monoisotopic (exact) mass is 400 g/mol. The zero-order valence-corrected chi connectivity index (χ0v) is 17.5. The molecule has 0 saturated carbocycles. The zero-order valence-electron chi connectivity index (χ0n) is 16.7. The molecule has 0 aliphatic carbocycles. The lowest BCUT2D eigenvalue weighted by atomic mass is 10.0. The summed E-state index contributed by atoms with van der Waals surface area (Å²) >= 11 is 0. The summed E-state index contributed by atoms with van der Waals surface area (Å²) in [4.78, 5) is 0. The number of hydrogen-bond donors (Lipinski definition) is 1. The van der Waals surface area contributed by atoms with E-state index in [0.717, 1.165) is 12.2 Å². The fraction of sp³-hybridized carbons (Fsp3) is 0.714. The third kappa shape index (κ3) is 14.6. The molecule has 0 radical (unpaired) electrons. The van der Waals surface area contributed by atoms with Gasteiger partial charge in [0.15, 0.2) is 5.94 Å². The molecule has 5 nitrogen and oxygen atoms in total. The molecule has 27 heavy (non-hydrogen) atoms. The van der Waals surface area contributed by atoms with Crippen LogP contribution >= 0.6 is 0 Å². The van der Waals surface area contributed by atoms with Gasteiger partial charge in [-0.2, -0.15) is 8.42 Å². The van der Waals surface area contributed by atoms with Gasteiger partial charge in [-0.15, -0.1) is 0 Å². The average molecular weight is 401 g/mol. The second-order valence-corrected chi connectivity index (χ2v) is 8.43. The van der Waals surface area contributed by atoms with E-state index in [1.807, 2.05) is 12.1 Å². The SMILES string of the molecule is CCCCCCCCCCCCc1ccc(OCCOCS(=O)(=O)O)cc1. The van der Waals surface area contributed by atoms with Gasteiger partial charge in [-0.25, -0.2) is 0 Å². The lowest BCUT2D eigenvalue weighted by Crippen LogP contribution is -2.13. The first-order valence-electron chi connectivity index (χ1n) is 10.3. The Balaban J connectivity index is 2.01. The fourth-order valence-corrected chi connectivity index (χ4v) is 3.28. The number of rotatable bonds is 17. The van der Waals surface area contributed by atoms with Gasteiger partial charge in [0.25, 0.3) is 10.1 Å². The zero-order chi connectivity index (χ0) is 19.8. The topological polar surface area (TPSA) is 72.8 Å². The van der Waals surface area contributed by atoms with Crippen LogP contribution in [0.5, 0.6) is 5.75 Å². The summed E-state index contributed by atoms with van der Waals surface area (Å²) in [6, 6.07) is 7.99. The Hall–Kier alpha value is -1.11. The van der Waals surface area contributed by atoms with E-state index in [4.69, 9.17) is 14.0 Å². The Morgan fingerprint density at radius 1 is 0.815 bits per heavy atom. The summed E-state index contributed by atoms with van der Waals surface area (Å²) < 4.78 is 39.8. The van der Waals surface area contributed by atoms with Gasteiger partial charge in [-0.1, -0.05) is 76.8 Å². The minimum Gasteiger partial charge on any atom is -0.491 e. The van der Waals surface area contributed by atoms with Crippen molar-refractivity contribution in [3.63, 3.8) is 0 Å². The van der Waals surface area contributed by atoms with Crippen LogP contribution in [0, 0.1) is 0 Å². The standard InChI is InChI=1S/C21H36O5S/c1-2-3-4-5-6-7-8-9-10-11-12-20-13-15-21(16-14-20)26-18-17-25-19-27(22,23)24/h13-16H,2-12,17-19H2,1H3,(H,22,23,24). The van der Waals surface area contributed by atoms with Crippen LogP contribution in [0.2, 0.25) is 0 Å². The first-order valence-corrected chi connectivity index (χ1v) is 11.9. The molecule has 0 atom stereocenters. The number of benzene rings is 1. The lowest BCUT2D eigenvalue weighted by Gasteiger charge is -2.08. The van der Waals surface area contributed by atoms with Crippen molar-refractivity contribution in [1.82, 2.24) is 0 Å². The molecule has 0 bridgehead atoms. The summed E-state index contributed by atoms with van der Waals surface area (Å²) in [5, 5.41) is 0. The summed E-state index contributed by atoms with van der Waals surface area (Å²) in [6.45, 7) is 2.61. The molecule has 0 saturated heterocycles. The van der Waals surface area contributed by atoms with E-state index in [1.54, 1.807) is 0 Å². The molecule has 1 N–H and O–H groups in total. The van der Waals surface area contributed by atoms with Crippen LogP contribution in [-0.4, -0.2) is 32.1 Å². The van der Waals surface area contributed by atoms with Gasteiger partial charge >= 0.3 is 0 Å². The van der Waals surface area contributed by atoms with E-state index in [2.05, 4.69) is 19.1 Å². The van der Waals surface area contributed by atoms with Gasteiger partial charge in [0, 0.05) is 0 Å². The molecule has 156 valence electrons. The highest BCUT2D eigenvalue weighted by Crippen LogP contribution is 2.15. The molecule has 0 spiro atoms. The molecular formula is C21H36O5S. The molecule has 0 aliphatic heterocycles. The van der Waals surface area contributed by atoms with Crippen molar-refractivity contribution in [2.24, 2.45) is 0 Å². The smallest absolute Gasteiger partial charge is 0.289 e. The highest BCUT2D eigenvalue weighted by Gasteiger charge is 2.03. The van der Waals surface area contributed by atoms with Crippen molar-refractivity contribution in [2.45, 2.75) is 77.6 Å². The third-order valence-corrected chi connectivity index (χ3v) is 4.94. The van der Waals surface area contributed by atoms with Crippen LogP contribution in [0.1, 0.15) is 76.7 Å². The molecule has 1 aromatic carbocycles. The maximum absolute atomic E-state index is 10.5. The largest absolute Gasteiger partial charge is 0.491 e. The molecule has 1 rings (SSSR count). The van der Waals surface area contributed by atoms with Gasteiger partial charge in [-0.05, 0) is 30.5 Å². The Kier molecular flexibility index (Phi) is 13.2. The van der Waals surface area contributed by atoms with E-state index >= 15 is 0 Å². The van der Waals surface area contributed by atoms with E-state index in [-0.39, 0.29) is 13.2 Å². The van der Waals surface area contributed by atoms with Gasteiger partial charge in [0.05, 0.1) is 6.61 Å². The average Bonchev–Trinajstić information content (AvgIpc) is 2.63. The van der Waals surface area contributed by atoms with Crippen molar-refractivity contribution in [3.05, 3.63) is 29.8 Å². The fourth-order valence-electron chi connectivity index (χ4n) is 2.95. The number of hydrogen-bond acceptors (Lipinski definition) is 4. The Bertz CT molecular complexity index is 569. The van der Waals surface area contributed by atoms with Gasteiger partial charge in [0.1, 0.15) is 12.4 Å². The van der Waals surface area contributed by atoms with Crippen molar-refractivity contribution >= 4 is 10.1 Å². The highest BCUT2D eigenvalue weighted by molar-refractivity contribution is 7.85. The predicted octanol–water partition coefficient (Wildman–Crippen LogP) is 5.39. The summed E-state index contributed by atoms with van der Waals surface area (Å²) in [7, 11) is -4.07. The van der Waals surface area contributed by atoms with E-state index in [9.17, 15) is 8.42 Å². The lowest BCUT2D eigenvalue weighted by molar-refractivity contribution is 0.128. The van der Waals surface area contributed by atoms with Gasteiger partial charge < -0.3 is 9.47 Å². The molecule has 0 amide bonds. The van der Waals surface area contributed by atoms with Crippen molar-refractivity contribution in [1.29, 1.82) is 0 Å². The van der Waals surface area contributed by atoms with Crippen LogP contribution in [-0.2, 0) is 21.3 Å². The van der Waals surface area contributed by atoms with Crippen molar-refractivity contribution < 1.29 is 22.4 Å². The Morgan fingerprint density at radius 3 is 1.93 bits per heavy atom. The molecule has 0 aromatic heterocycles. The predicted molar refractivity (Wildman–Crippen MR) is 110 cm³/mol. The molecule has 6 heteroatoms. The Morgan fingerprint density at radius 2 is 1.37 bits per heavy atom. The van der Waals surface area contributed by atoms with Crippen LogP contribution in [0.4, 0.5) is 0 Å². The summed E-state index contributed by atoms with van der Waals surface area (Å²) in [6.07, 6.45) is 14.6. The van der Waals surface area contributed by atoms with Gasteiger partial charge in [0.2, 0.25) is 0 Å². The van der Waals surface area contributed by atoms with Crippen LogP contribution < -0.4 is 4.74 Å². The van der Waals surface area contributed by atoms with Crippen molar-refractivity contribution in [2.75, 3.05) is 19.2 Å². The van der Waals surface area contributed by atoms with Crippen molar-refractivity contribution in [3.8, 4) is 5.75 Å². The summed E-state index contributed by atoms with van der Waals surface area (Å²) in [5.74, 6) is 0.0333. The second kappa shape index (κ2) is 14.9. The van der Waals surface area contributed by atoms with E-state index < -0.39 is 16.1 Å². The van der Waals surface area contributed by atoms with E-state index in [1.165, 1.54) is 69.8 Å². The molecular weight excluding hydrogens is 364 g/mol. The highest BCUT2D eigenvalue weighted by atomic mass is 32.2. The Labute approximate surface area is 165 Å². The normalized spacial score (nSPS) is 11.6. The maximum Gasteiger partial charge on any atom is 0.289 e. The first kappa shape index (κ1) is 23.9. The van der Waals surface area contributed by atoms with Crippen LogP contribution in [0.3, 0.4) is 0 Å². The molecule has 0 unspecified atom stereocenters. The molecule has 0 aliphatic rings. The molecule has 1 aromatic rings. The molecule has 0 fully saturated rings. The van der Waals surface area contributed by atoms with Crippen LogP contribution in [0.25, 0.3) is 0 Å². The summed E-state index contributed by atoms with van der Waals surface area (Å²) in [5.41, 5.74) is 1.31. The third-order valence-electron chi connectivity index (χ3n) is 4.47. The second-order valence-electron chi connectivity index (χ2n) is 7.03. The maximum atomic E-state index is 10.5. The van der Waals surface area contributed by atoms with E-state index in [0.29, 0.717) is 0 Å². The first-order chi connectivity index (χ1) is 13.0. The molecule has 0 heterocycles.